The van der Waals surface area contributed by atoms with Gasteiger partial charge in [-0.3, -0.25) is 0 Å². The van der Waals surface area contributed by atoms with Gasteiger partial charge < -0.3 is 28.2 Å². The molecule has 1 aliphatic heterocycles. The zero-order chi connectivity index (χ0) is 10.9. The minimum atomic E-state index is -1.65. The summed E-state index contributed by atoms with van der Waals surface area (Å²) in [7, 11) is 0. The molecular weight excluding hydrogens is 311 g/mol. The Labute approximate surface area is 92.9 Å². The summed E-state index contributed by atoms with van der Waals surface area (Å²) in [5.74, 6) is -1.46. The van der Waals surface area contributed by atoms with Gasteiger partial charge in [-0.15, -0.1) is 0 Å². The van der Waals surface area contributed by atoms with Crippen molar-refractivity contribution in [3.05, 3.63) is 0 Å². The zero-order valence-electron chi connectivity index (χ0n) is 6.78. The number of aliphatic hydroxyl groups is 3. The van der Waals surface area contributed by atoms with Gasteiger partial charge in [0.1, 0.15) is 41.3 Å². The summed E-state index contributed by atoms with van der Waals surface area (Å²) in [6.07, 6.45) is -7.53. The van der Waals surface area contributed by atoms with E-state index in [1.54, 1.807) is 0 Å². The number of carboxylic acid groups (broad SMARTS) is 1. The van der Waals surface area contributed by atoms with E-state index in [2.05, 4.69) is 7.80 Å². The van der Waals surface area contributed by atoms with Crippen molar-refractivity contribution >= 4 is 29.0 Å². The van der Waals surface area contributed by atoms with Crippen molar-refractivity contribution in [2.45, 2.75) is 30.7 Å². The fourth-order valence-electron chi connectivity index (χ4n) is 1.15. The number of halogens is 1. The first-order chi connectivity index (χ1) is 6.49. The molecule has 1 aliphatic rings. The number of carboxylic acids is 1. The summed E-state index contributed by atoms with van der Waals surface area (Å²) in [6.45, 7) is 0. The summed E-state index contributed by atoms with van der Waals surface area (Å²) in [5.41, 5.74) is 0. The molecule has 0 amide bonds. The highest BCUT2D eigenvalue weighted by atomic mass is 127. The molecule has 7 nitrogen and oxygen atoms in total. The average Bonchev–Trinajstić information content (AvgIpc) is 2.12. The summed E-state index contributed by atoms with van der Waals surface area (Å²) < 4.78 is 9.16. The molecule has 4 N–H and O–H groups in total. The maximum Gasteiger partial charge on any atom is 0.335 e. The Kier molecular flexibility index (Phi) is 4.04. The minimum absolute atomic E-state index is 1.17. The highest BCUT2D eigenvalue weighted by molar-refractivity contribution is 14.1. The summed E-state index contributed by atoms with van der Waals surface area (Å²) in [5, 5.41) is 36.4. The van der Waals surface area contributed by atoms with Crippen LogP contribution in [0.4, 0.5) is 0 Å². The van der Waals surface area contributed by atoms with Gasteiger partial charge >= 0.3 is 5.97 Å². The van der Waals surface area contributed by atoms with Crippen molar-refractivity contribution < 1.29 is 33.0 Å². The van der Waals surface area contributed by atoms with E-state index in [9.17, 15) is 20.1 Å². The molecule has 0 aromatic heterocycles. The molecule has 5 unspecified atom stereocenters. The van der Waals surface area contributed by atoms with Gasteiger partial charge in [0.25, 0.3) is 0 Å². The van der Waals surface area contributed by atoms with E-state index in [-0.39, 0.29) is 0 Å². The Balaban J connectivity index is 2.77. The predicted molar refractivity (Wildman–Crippen MR) is 49.4 cm³/mol. The summed E-state index contributed by atoms with van der Waals surface area (Å²) in [6, 6.07) is 0. The fraction of sp³-hybridized carbons (Fsp3) is 0.833. The van der Waals surface area contributed by atoms with E-state index in [0.29, 0.717) is 0 Å². The quantitative estimate of drug-likeness (QED) is 0.446. The molecule has 82 valence electrons. The van der Waals surface area contributed by atoms with Crippen molar-refractivity contribution in [3.63, 3.8) is 0 Å². The van der Waals surface area contributed by atoms with Gasteiger partial charge in [0.05, 0.1) is 0 Å². The topological polar surface area (TPSA) is 116 Å². The zero-order valence-corrected chi connectivity index (χ0v) is 8.94. The number of ether oxygens (including phenoxy) is 1. The average molecular weight is 320 g/mol. The Hall–Kier alpha value is -0.000000000000000153. The first kappa shape index (κ1) is 12.1. The third kappa shape index (κ3) is 2.15. The first-order valence-corrected chi connectivity index (χ1v) is 4.57. The van der Waals surface area contributed by atoms with E-state index < -0.39 is 36.7 Å². The molecule has 5 atom stereocenters. The monoisotopic (exact) mass is 320 g/mol. The number of aliphatic hydroxyl groups excluding tert-OH is 3. The van der Waals surface area contributed by atoms with Crippen LogP contribution in [-0.4, -0.2) is 57.1 Å². The molecule has 1 heterocycles. The van der Waals surface area contributed by atoms with Crippen LogP contribution in [0, 0.1) is 0 Å². The lowest BCUT2D eigenvalue weighted by Crippen LogP contribution is -2.59. The molecule has 0 radical (unpaired) electrons. The van der Waals surface area contributed by atoms with Crippen LogP contribution in [-0.2, 0) is 12.6 Å². The molecule has 0 saturated carbocycles. The molecule has 1 rings (SSSR count). The van der Waals surface area contributed by atoms with E-state index in [0.717, 1.165) is 0 Å². The largest absolute Gasteiger partial charge is 0.479 e. The highest BCUT2D eigenvalue weighted by Crippen LogP contribution is 2.23. The number of hydrogen-bond acceptors (Lipinski definition) is 6. The summed E-state index contributed by atoms with van der Waals surface area (Å²) >= 11 is 1.41. The van der Waals surface area contributed by atoms with Crippen LogP contribution < -0.4 is 0 Å². The third-order valence-corrected chi connectivity index (χ3v) is 2.50. The van der Waals surface area contributed by atoms with Gasteiger partial charge in [-0.1, -0.05) is 0 Å². The van der Waals surface area contributed by atoms with Crippen LogP contribution in [0.5, 0.6) is 0 Å². The molecule has 8 heteroatoms. The van der Waals surface area contributed by atoms with Gasteiger partial charge in [0, 0.05) is 0 Å². The lowest BCUT2D eigenvalue weighted by Gasteiger charge is -2.37. The molecule has 0 bridgehead atoms. The van der Waals surface area contributed by atoms with E-state index in [1.165, 1.54) is 23.0 Å². The third-order valence-electron chi connectivity index (χ3n) is 1.91. The van der Waals surface area contributed by atoms with Crippen LogP contribution in [0.3, 0.4) is 0 Å². The van der Waals surface area contributed by atoms with E-state index in [4.69, 9.17) is 5.11 Å². The second kappa shape index (κ2) is 4.68. The van der Waals surface area contributed by atoms with Gasteiger partial charge in [-0.2, -0.15) is 0 Å². The smallest absolute Gasteiger partial charge is 0.335 e. The van der Waals surface area contributed by atoms with Gasteiger partial charge in [-0.05, 0) is 0 Å². The Morgan fingerprint density at radius 2 is 1.86 bits per heavy atom. The first-order valence-electron chi connectivity index (χ1n) is 3.69. The molecular formula is C6H9IO7. The van der Waals surface area contributed by atoms with Crippen molar-refractivity contribution in [1.82, 2.24) is 0 Å². The Morgan fingerprint density at radius 3 is 2.29 bits per heavy atom. The van der Waals surface area contributed by atoms with E-state index >= 15 is 0 Å². The van der Waals surface area contributed by atoms with Crippen LogP contribution >= 0.6 is 23.0 Å². The molecule has 0 aliphatic carbocycles. The van der Waals surface area contributed by atoms with Crippen molar-refractivity contribution in [2.75, 3.05) is 0 Å². The van der Waals surface area contributed by atoms with Crippen LogP contribution in [0.2, 0.25) is 0 Å². The highest BCUT2D eigenvalue weighted by Gasteiger charge is 2.47. The van der Waals surface area contributed by atoms with Crippen LogP contribution in [0.25, 0.3) is 0 Å². The van der Waals surface area contributed by atoms with Gasteiger partial charge in [-0.25, -0.2) is 4.79 Å². The maximum absolute atomic E-state index is 10.5. The lowest BCUT2D eigenvalue weighted by atomic mass is 9.99. The van der Waals surface area contributed by atoms with Crippen LogP contribution in [0.1, 0.15) is 0 Å². The SMILES string of the molecule is O=C(O)C1OC(O)C(OI)C(O)C1O. The standard InChI is InChI=1S/C6H9IO7/c7-14-4-2(9)1(8)3(5(10)11)13-6(4)12/h1-4,6,8-9,12H,(H,10,11). The molecule has 1 fully saturated rings. The Bertz CT molecular complexity index is 222. The molecule has 1 saturated heterocycles. The fourth-order valence-corrected chi connectivity index (χ4v) is 1.70. The van der Waals surface area contributed by atoms with Crippen molar-refractivity contribution in [3.8, 4) is 0 Å². The van der Waals surface area contributed by atoms with Crippen molar-refractivity contribution in [1.29, 1.82) is 0 Å². The number of aliphatic carboxylic acids is 1. The molecule has 14 heavy (non-hydrogen) atoms. The second-order valence-electron chi connectivity index (χ2n) is 2.82. The lowest BCUT2D eigenvalue weighted by molar-refractivity contribution is -0.268. The molecule has 0 aromatic rings. The number of carbonyl (C=O) groups is 1. The van der Waals surface area contributed by atoms with Gasteiger partial charge in [0.2, 0.25) is 0 Å². The van der Waals surface area contributed by atoms with Crippen LogP contribution in [0.15, 0.2) is 0 Å². The second-order valence-corrected chi connectivity index (χ2v) is 3.33. The normalized spacial score (nSPS) is 43.6. The van der Waals surface area contributed by atoms with Gasteiger partial charge in [0.15, 0.2) is 12.4 Å². The van der Waals surface area contributed by atoms with Crippen molar-refractivity contribution in [2.24, 2.45) is 0 Å². The Morgan fingerprint density at radius 1 is 1.29 bits per heavy atom. The minimum Gasteiger partial charge on any atom is -0.479 e. The number of hydrogen-bond donors (Lipinski definition) is 4. The predicted octanol–water partition coefficient (Wildman–Crippen LogP) is -1.75. The number of rotatable bonds is 2. The van der Waals surface area contributed by atoms with E-state index in [1.807, 2.05) is 0 Å². The molecule has 0 spiro atoms. The molecule has 0 aromatic carbocycles. The maximum atomic E-state index is 10.5. The summed E-state index contributed by atoms with van der Waals surface area (Å²) in [4.78, 5) is 10.5.